The topological polar surface area (TPSA) is 53.1 Å². The zero-order valence-electron chi connectivity index (χ0n) is 14.3. The molecule has 3 aliphatic rings. The maximum Gasteiger partial charge on any atom is 0.281 e. The van der Waals surface area contributed by atoms with E-state index in [0.29, 0.717) is 44.7 Å². The van der Waals surface area contributed by atoms with Crippen LogP contribution in [0.15, 0.2) is 0 Å². The van der Waals surface area contributed by atoms with Gasteiger partial charge < -0.3 is 9.64 Å². The summed E-state index contributed by atoms with van der Waals surface area (Å²) in [5.74, 6) is 0.339. The summed E-state index contributed by atoms with van der Waals surface area (Å²) in [5.41, 5.74) is 0. The van der Waals surface area contributed by atoms with Crippen LogP contribution in [0.2, 0.25) is 0 Å². The molecule has 0 N–H and O–H groups in total. The van der Waals surface area contributed by atoms with E-state index in [2.05, 4.69) is 4.90 Å². The largest absolute Gasteiger partial charge is 0.384 e. The Bertz CT molecular complexity index is 469. The Kier molecular flexibility index (Phi) is 5.96. The molecule has 1 atom stereocenters. The predicted molar refractivity (Wildman–Crippen MR) is 90.5 cm³/mol. The van der Waals surface area contributed by atoms with Gasteiger partial charge in [0.1, 0.15) is 0 Å². The van der Waals surface area contributed by atoms with Gasteiger partial charge in [-0.1, -0.05) is 0 Å². The number of rotatable bonds is 5. The highest BCUT2D eigenvalue weighted by atomic mass is 32.2. The molecule has 3 rings (SSSR count). The third-order valence-corrected chi connectivity index (χ3v) is 7.62. The van der Waals surface area contributed by atoms with Crippen molar-refractivity contribution < 1.29 is 13.2 Å². The van der Waals surface area contributed by atoms with Gasteiger partial charge in [0.15, 0.2) is 0 Å². The predicted octanol–water partition coefficient (Wildman–Crippen LogP) is 1.15. The quantitative estimate of drug-likeness (QED) is 0.750. The maximum absolute atomic E-state index is 12.9. The van der Waals surface area contributed by atoms with Gasteiger partial charge in [-0.2, -0.15) is 17.0 Å². The van der Waals surface area contributed by atoms with Gasteiger partial charge >= 0.3 is 0 Å². The van der Waals surface area contributed by atoms with Crippen LogP contribution in [0.4, 0.5) is 0 Å². The highest BCUT2D eigenvalue weighted by Crippen LogP contribution is 2.26. The van der Waals surface area contributed by atoms with Crippen LogP contribution < -0.4 is 0 Å². The van der Waals surface area contributed by atoms with E-state index in [9.17, 15) is 8.42 Å². The van der Waals surface area contributed by atoms with Crippen molar-refractivity contribution in [2.75, 3.05) is 53.0 Å². The Morgan fingerprint density at radius 1 is 0.913 bits per heavy atom. The van der Waals surface area contributed by atoms with E-state index in [-0.39, 0.29) is 0 Å². The fourth-order valence-electron chi connectivity index (χ4n) is 4.32. The summed E-state index contributed by atoms with van der Waals surface area (Å²) >= 11 is 0. The molecule has 0 aromatic rings. The summed E-state index contributed by atoms with van der Waals surface area (Å²) in [5, 5.41) is 0. The fourth-order valence-corrected chi connectivity index (χ4v) is 6.07. The van der Waals surface area contributed by atoms with E-state index in [0.717, 1.165) is 25.7 Å². The second kappa shape index (κ2) is 7.78. The molecule has 0 radical (unpaired) electrons. The lowest BCUT2D eigenvalue weighted by molar-refractivity contribution is 0.113. The smallest absolute Gasteiger partial charge is 0.281 e. The van der Waals surface area contributed by atoms with Crippen molar-refractivity contribution in [1.29, 1.82) is 0 Å². The summed E-state index contributed by atoms with van der Waals surface area (Å²) in [6, 6.07) is 0.589. The van der Waals surface area contributed by atoms with Crippen LogP contribution in [0.5, 0.6) is 0 Å². The molecular weight excluding hydrogens is 314 g/mol. The second-order valence-corrected chi connectivity index (χ2v) is 9.13. The molecule has 134 valence electrons. The molecule has 0 aromatic heterocycles. The molecule has 0 spiro atoms. The summed E-state index contributed by atoms with van der Waals surface area (Å²) in [6.07, 6.45) is 6.57. The third kappa shape index (κ3) is 4.07. The van der Waals surface area contributed by atoms with E-state index < -0.39 is 10.2 Å². The van der Waals surface area contributed by atoms with Crippen LogP contribution in [-0.4, -0.2) is 81.0 Å². The molecule has 3 saturated heterocycles. The number of methoxy groups -OCH3 is 1. The average molecular weight is 346 g/mol. The molecule has 3 fully saturated rings. The molecule has 0 bridgehead atoms. The van der Waals surface area contributed by atoms with Crippen molar-refractivity contribution >= 4 is 10.2 Å². The van der Waals surface area contributed by atoms with Crippen LogP contribution in [0.25, 0.3) is 0 Å². The highest BCUT2D eigenvalue weighted by Gasteiger charge is 2.36. The second-order valence-electron chi connectivity index (χ2n) is 7.20. The number of hydrogen-bond acceptors (Lipinski definition) is 4. The minimum atomic E-state index is -3.29. The minimum absolute atomic E-state index is 0.339. The van der Waals surface area contributed by atoms with Crippen LogP contribution in [0.3, 0.4) is 0 Å². The van der Waals surface area contributed by atoms with Gasteiger partial charge in [-0.05, 0) is 57.5 Å². The molecule has 0 aliphatic carbocycles. The average Bonchev–Trinajstić information content (AvgIpc) is 3.10. The van der Waals surface area contributed by atoms with Crippen molar-refractivity contribution in [2.45, 2.75) is 44.6 Å². The molecule has 6 nitrogen and oxygen atoms in total. The zero-order valence-corrected chi connectivity index (χ0v) is 15.1. The van der Waals surface area contributed by atoms with Gasteiger partial charge in [-0.15, -0.1) is 0 Å². The summed E-state index contributed by atoms with van der Waals surface area (Å²) < 4.78 is 34.5. The lowest BCUT2D eigenvalue weighted by atomic mass is 10.0. The monoisotopic (exact) mass is 345 g/mol. The van der Waals surface area contributed by atoms with Crippen molar-refractivity contribution in [1.82, 2.24) is 13.5 Å². The molecule has 3 aliphatic heterocycles. The van der Waals surface area contributed by atoms with E-state index in [1.165, 1.54) is 25.9 Å². The van der Waals surface area contributed by atoms with E-state index in [1.54, 1.807) is 15.7 Å². The number of hydrogen-bond donors (Lipinski definition) is 0. The number of likely N-dealkylation sites (tertiary alicyclic amines) is 1. The molecule has 23 heavy (non-hydrogen) atoms. The number of nitrogens with zero attached hydrogens (tertiary/aromatic N) is 3. The SMILES string of the molecule is COCC1CCCN(S(=O)(=O)N2CCC(N3CCCC3)CC2)C1. The van der Waals surface area contributed by atoms with Gasteiger partial charge in [-0.3, -0.25) is 0 Å². The van der Waals surface area contributed by atoms with Crippen LogP contribution >= 0.6 is 0 Å². The minimum Gasteiger partial charge on any atom is -0.384 e. The Morgan fingerprint density at radius 2 is 1.61 bits per heavy atom. The van der Waals surface area contributed by atoms with Crippen molar-refractivity contribution in [3.05, 3.63) is 0 Å². The number of piperidine rings is 2. The molecule has 1 unspecified atom stereocenters. The summed E-state index contributed by atoms with van der Waals surface area (Å²) in [7, 11) is -1.60. The third-order valence-electron chi connectivity index (χ3n) is 5.62. The molecule has 0 aromatic carbocycles. The van der Waals surface area contributed by atoms with Crippen LogP contribution in [0.1, 0.15) is 38.5 Å². The first-order chi connectivity index (χ1) is 11.1. The maximum atomic E-state index is 12.9. The zero-order chi connectivity index (χ0) is 16.3. The van der Waals surface area contributed by atoms with Gasteiger partial charge in [0, 0.05) is 39.3 Å². The van der Waals surface area contributed by atoms with E-state index in [4.69, 9.17) is 4.74 Å². The van der Waals surface area contributed by atoms with Gasteiger partial charge in [0.05, 0.1) is 6.61 Å². The van der Waals surface area contributed by atoms with Crippen molar-refractivity contribution in [3.8, 4) is 0 Å². The molecular formula is C16H31N3O3S. The van der Waals surface area contributed by atoms with Gasteiger partial charge in [0.25, 0.3) is 10.2 Å². The first-order valence-corrected chi connectivity index (χ1v) is 10.5. The van der Waals surface area contributed by atoms with Crippen LogP contribution in [-0.2, 0) is 14.9 Å². The molecule has 0 saturated carbocycles. The number of ether oxygens (including phenoxy) is 1. The summed E-state index contributed by atoms with van der Waals surface area (Å²) in [4.78, 5) is 2.56. The van der Waals surface area contributed by atoms with E-state index in [1.807, 2.05) is 0 Å². The molecule has 7 heteroatoms. The Hall–Kier alpha value is -0.210. The molecule has 0 amide bonds. The Balaban J connectivity index is 1.55. The lowest BCUT2D eigenvalue weighted by Gasteiger charge is -2.40. The Labute approximate surface area is 140 Å². The van der Waals surface area contributed by atoms with Gasteiger partial charge in [0.2, 0.25) is 0 Å². The fraction of sp³-hybridized carbons (Fsp3) is 1.00. The van der Waals surface area contributed by atoms with Crippen molar-refractivity contribution in [3.63, 3.8) is 0 Å². The first kappa shape index (κ1) is 17.6. The highest BCUT2D eigenvalue weighted by molar-refractivity contribution is 7.86. The van der Waals surface area contributed by atoms with Crippen molar-refractivity contribution in [2.24, 2.45) is 5.92 Å². The molecule has 3 heterocycles. The first-order valence-electron chi connectivity index (χ1n) is 9.09. The normalized spacial score (nSPS) is 30.0. The van der Waals surface area contributed by atoms with Crippen LogP contribution in [0, 0.1) is 5.92 Å². The summed E-state index contributed by atoms with van der Waals surface area (Å²) in [6.45, 7) is 5.67. The standard InChI is InChI=1S/C16H31N3O3S/c1-22-14-15-5-4-10-19(13-15)23(20,21)18-11-6-16(7-12-18)17-8-2-3-9-17/h15-16H,2-14H2,1H3. The van der Waals surface area contributed by atoms with Gasteiger partial charge in [-0.25, -0.2) is 0 Å². The van der Waals surface area contributed by atoms with E-state index >= 15 is 0 Å². The lowest BCUT2D eigenvalue weighted by Crippen LogP contribution is -2.52. The Morgan fingerprint density at radius 3 is 2.26 bits per heavy atom.